The molecule has 0 saturated heterocycles. The molecule has 2 N–H and O–H groups in total. The Morgan fingerprint density at radius 3 is 2.35 bits per heavy atom. The Labute approximate surface area is 118 Å². The van der Waals surface area contributed by atoms with E-state index >= 15 is 0 Å². The Morgan fingerprint density at radius 2 is 1.90 bits per heavy atom. The van der Waals surface area contributed by atoms with Crippen LogP contribution in [-0.2, 0) is 14.3 Å². The normalized spacial score (nSPS) is 15.2. The second-order valence-electron chi connectivity index (χ2n) is 4.74. The molecule has 0 spiro atoms. The highest BCUT2D eigenvalue weighted by atomic mass is 16.5. The van der Waals surface area contributed by atoms with Gasteiger partial charge in [0.2, 0.25) is 0 Å². The van der Waals surface area contributed by atoms with Crippen molar-refractivity contribution >= 4 is 11.9 Å². The molecule has 0 unspecified atom stereocenters. The minimum atomic E-state index is -1.03. The highest BCUT2D eigenvalue weighted by Gasteiger charge is 2.29. The van der Waals surface area contributed by atoms with Gasteiger partial charge in [0.15, 0.2) is 6.10 Å². The van der Waals surface area contributed by atoms with Gasteiger partial charge in [0, 0.05) is 7.11 Å². The lowest BCUT2D eigenvalue weighted by Gasteiger charge is -2.23. The zero-order chi connectivity index (χ0) is 15.1. The van der Waals surface area contributed by atoms with Gasteiger partial charge in [-0.25, -0.2) is 4.79 Å². The van der Waals surface area contributed by atoms with Crippen molar-refractivity contribution in [3.63, 3.8) is 0 Å². The summed E-state index contributed by atoms with van der Waals surface area (Å²) in [6, 6.07) is 8.08. The van der Waals surface area contributed by atoms with Gasteiger partial charge in [-0.2, -0.15) is 0 Å². The minimum absolute atomic E-state index is 0.148. The molecule has 20 heavy (non-hydrogen) atoms. The maximum atomic E-state index is 12.2. The number of aliphatic carboxylic acids is 1. The monoisotopic (exact) mass is 279 g/mol. The molecule has 0 radical (unpaired) electrons. The Bertz CT molecular complexity index is 446. The molecule has 1 aromatic carbocycles. The van der Waals surface area contributed by atoms with Crippen LogP contribution in [0.5, 0.6) is 0 Å². The molecule has 3 atom stereocenters. The van der Waals surface area contributed by atoms with Crippen LogP contribution in [0.1, 0.15) is 31.9 Å². The van der Waals surface area contributed by atoms with Gasteiger partial charge in [0.05, 0.1) is 0 Å². The number of methoxy groups -OCH3 is 1. The lowest BCUT2D eigenvalue weighted by molar-refractivity contribution is -0.145. The summed E-state index contributed by atoms with van der Waals surface area (Å²) in [7, 11) is 1.43. The molecule has 110 valence electrons. The van der Waals surface area contributed by atoms with Gasteiger partial charge in [-0.15, -0.1) is 0 Å². The lowest BCUT2D eigenvalue weighted by Crippen LogP contribution is -2.47. The maximum absolute atomic E-state index is 12.2. The quantitative estimate of drug-likeness (QED) is 0.800. The molecular weight excluding hydrogens is 258 g/mol. The van der Waals surface area contributed by atoms with E-state index in [1.165, 1.54) is 7.11 Å². The first-order chi connectivity index (χ1) is 9.51. The second-order valence-corrected chi connectivity index (χ2v) is 4.74. The number of carboxylic acids is 1. The van der Waals surface area contributed by atoms with Crippen molar-refractivity contribution < 1.29 is 19.4 Å². The zero-order valence-corrected chi connectivity index (χ0v) is 12.0. The third kappa shape index (κ3) is 4.06. The minimum Gasteiger partial charge on any atom is -0.480 e. The zero-order valence-electron chi connectivity index (χ0n) is 12.0. The Morgan fingerprint density at radius 1 is 1.30 bits per heavy atom. The fourth-order valence-corrected chi connectivity index (χ4v) is 1.93. The number of carbonyl (C=O) groups excluding carboxylic acids is 1. The predicted molar refractivity (Wildman–Crippen MR) is 75.2 cm³/mol. The van der Waals surface area contributed by atoms with Crippen LogP contribution in [0.4, 0.5) is 0 Å². The fraction of sp³-hybridized carbons (Fsp3) is 0.467. The van der Waals surface area contributed by atoms with E-state index in [0.717, 1.165) is 0 Å². The van der Waals surface area contributed by atoms with Crippen molar-refractivity contribution in [3.05, 3.63) is 35.9 Å². The van der Waals surface area contributed by atoms with Crippen LogP contribution in [0.15, 0.2) is 30.3 Å². The number of rotatable bonds is 7. The number of hydrogen-bond acceptors (Lipinski definition) is 3. The molecule has 1 rings (SSSR count). The number of nitrogens with one attached hydrogen (secondary N) is 1. The molecule has 0 aromatic heterocycles. The van der Waals surface area contributed by atoms with Gasteiger partial charge in [-0.05, 0) is 11.5 Å². The van der Waals surface area contributed by atoms with Crippen LogP contribution in [-0.4, -0.2) is 30.1 Å². The standard InChI is InChI=1S/C15H21NO4/c1-4-10(2)12(15(18)19)16-14(17)13(20-3)11-8-6-5-7-9-11/h5-10,12-13H,4H2,1-3H3,(H,16,17)(H,18,19)/t10-,12-,13-/m1/s1. The first kappa shape index (κ1) is 16.2. The molecule has 5 nitrogen and oxygen atoms in total. The first-order valence-electron chi connectivity index (χ1n) is 6.62. The van der Waals surface area contributed by atoms with Crippen LogP contribution >= 0.6 is 0 Å². The summed E-state index contributed by atoms with van der Waals surface area (Å²) in [4.78, 5) is 23.4. The van der Waals surface area contributed by atoms with Gasteiger partial charge >= 0.3 is 5.97 Å². The van der Waals surface area contributed by atoms with E-state index in [1.807, 2.05) is 13.0 Å². The Kier molecular flexibility index (Phi) is 6.18. The largest absolute Gasteiger partial charge is 0.480 e. The number of hydrogen-bond donors (Lipinski definition) is 2. The number of amides is 1. The van der Waals surface area contributed by atoms with Gasteiger partial charge < -0.3 is 15.2 Å². The highest BCUT2D eigenvalue weighted by molar-refractivity contribution is 5.87. The van der Waals surface area contributed by atoms with Crippen molar-refractivity contribution in [3.8, 4) is 0 Å². The van der Waals surface area contributed by atoms with Crippen molar-refractivity contribution in [1.29, 1.82) is 0 Å². The van der Waals surface area contributed by atoms with E-state index in [2.05, 4.69) is 5.32 Å². The van der Waals surface area contributed by atoms with E-state index in [1.54, 1.807) is 31.2 Å². The van der Waals surface area contributed by atoms with Crippen LogP contribution in [0.3, 0.4) is 0 Å². The smallest absolute Gasteiger partial charge is 0.326 e. The molecule has 0 bridgehead atoms. The molecule has 1 amide bonds. The molecule has 0 aliphatic carbocycles. The van der Waals surface area contributed by atoms with Gasteiger partial charge in [-0.3, -0.25) is 4.79 Å². The Hall–Kier alpha value is -1.88. The van der Waals surface area contributed by atoms with E-state index in [9.17, 15) is 14.7 Å². The fourth-order valence-electron chi connectivity index (χ4n) is 1.93. The number of benzene rings is 1. The molecule has 5 heteroatoms. The van der Waals surface area contributed by atoms with E-state index in [-0.39, 0.29) is 5.92 Å². The summed E-state index contributed by atoms with van der Waals surface area (Å²) in [5.74, 6) is -1.62. The van der Waals surface area contributed by atoms with Crippen LogP contribution < -0.4 is 5.32 Å². The summed E-state index contributed by atoms with van der Waals surface area (Å²) in [5.41, 5.74) is 0.695. The summed E-state index contributed by atoms with van der Waals surface area (Å²) in [6.07, 6.45) is -0.137. The summed E-state index contributed by atoms with van der Waals surface area (Å²) < 4.78 is 5.19. The average Bonchev–Trinajstić information content (AvgIpc) is 2.45. The highest BCUT2D eigenvalue weighted by Crippen LogP contribution is 2.17. The third-order valence-corrected chi connectivity index (χ3v) is 3.35. The molecule has 1 aromatic rings. The van der Waals surface area contributed by atoms with Gasteiger partial charge in [0.1, 0.15) is 6.04 Å². The molecule has 0 heterocycles. The van der Waals surface area contributed by atoms with E-state index in [4.69, 9.17) is 4.74 Å². The van der Waals surface area contributed by atoms with Crippen LogP contribution in [0.2, 0.25) is 0 Å². The van der Waals surface area contributed by atoms with Gasteiger partial charge in [0.25, 0.3) is 5.91 Å². The molecule has 0 fully saturated rings. The molecular formula is C15H21NO4. The van der Waals surface area contributed by atoms with Crippen LogP contribution in [0, 0.1) is 5.92 Å². The van der Waals surface area contributed by atoms with E-state index < -0.39 is 24.0 Å². The van der Waals surface area contributed by atoms with Crippen LogP contribution in [0.25, 0.3) is 0 Å². The van der Waals surface area contributed by atoms with E-state index in [0.29, 0.717) is 12.0 Å². The number of carboxylic acid groups (broad SMARTS) is 1. The summed E-state index contributed by atoms with van der Waals surface area (Å²) >= 11 is 0. The molecule has 0 aliphatic rings. The second kappa shape index (κ2) is 7.65. The topological polar surface area (TPSA) is 75.6 Å². The van der Waals surface area contributed by atoms with Crippen molar-refractivity contribution in [2.24, 2.45) is 5.92 Å². The summed E-state index contributed by atoms with van der Waals surface area (Å²) in [5, 5.41) is 11.7. The average molecular weight is 279 g/mol. The SMILES string of the molecule is CC[C@@H](C)[C@@H](NC(=O)[C@H](OC)c1ccccc1)C(=O)O. The molecule has 0 saturated carbocycles. The van der Waals surface area contributed by atoms with Crippen molar-refractivity contribution in [1.82, 2.24) is 5.32 Å². The van der Waals surface area contributed by atoms with Crippen molar-refractivity contribution in [2.75, 3.05) is 7.11 Å². The maximum Gasteiger partial charge on any atom is 0.326 e. The Balaban J connectivity index is 2.84. The molecule has 0 aliphatic heterocycles. The number of carbonyl (C=O) groups is 2. The predicted octanol–water partition coefficient (Wildman–Crippen LogP) is 1.99. The third-order valence-electron chi connectivity index (χ3n) is 3.35. The van der Waals surface area contributed by atoms with Crippen molar-refractivity contribution in [2.45, 2.75) is 32.4 Å². The lowest BCUT2D eigenvalue weighted by atomic mass is 9.98. The number of ether oxygens (including phenoxy) is 1. The summed E-state index contributed by atoms with van der Waals surface area (Å²) in [6.45, 7) is 3.68. The van der Waals surface area contributed by atoms with Gasteiger partial charge in [-0.1, -0.05) is 50.6 Å². The first-order valence-corrected chi connectivity index (χ1v) is 6.62.